The van der Waals surface area contributed by atoms with E-state index in [-0.39, 0.29) is 13.1 Å². The quantitative estimate of drug-likeness (QED) is 0.622. The summed E-state index contributed by atoms with van der Waals surface area (Å²) in [4.78, 5) is 23.1. The number of carbonyl (C=O) groups is 2. The minimum Gasteiger partial charge on any atom is -0.381 e. The molecule has 20 heavy (non-hydrogen) atoms. The molecular formula is C11H17N3O5S. The monoisotopic (exact) mass is 303 g/mol. The molecule has 0 aromatic carbocycles. The van der Waals surface area contributed by atoms with E-state index in [4.69, 9.17) is 4.74 Å². The van der Waals surface area contributed by atoms with Crippen molar-refractivity contribution in [2.75, 3.05) is 26.3 Å². The zero-order chi connectivity index (χ0) is 14.4. The van der Waals surface area contributed by atoms with E-state index in [9.17, 15) is 18.0 Å². The predicted octanol–water partition coefficient (Wildman–Crippen LogP) is -1.22. The third-order valence-corrected chi connectivity index (χ3v) is 6.54. The van der Waals surface area contributed by atoms with Crippen LogP contribution in [-0.4, -0.2) is 61.8 Å². The zero-order valence-electron chi connectivity index (χ0n) is 10.9. The van der Waals surface area contributed by atoms with E-state index < -0.39 is 32.8 Å². The molecule has 3 fully saturated rings. The fourth-order valence-corrected chi connectivity index (χ4v) is 4.95. The molecule has 2 N–H and O–H groups in total. The minimum atomic E-state index is -3.44. The minimum absolute atomic E-state index is 0.0181. The fourth-order valence-electron chi connectivity index (χ4n) is 2.99. The molecule has 3 heterocycles. The summed E-state index contributed by atoms with van der Waals surface area (Å²) in [6.07, 6.45) is 1.27. The van der Waals surface area contributed by atoms with Crippen LogP contribution in [-0.2, 0) is 19.6 Å². The summed E-state index contributed by atoms with van der Waals surface area (Å²) in [5, 5.41) is 4.27. The number of carbonyl (C=O) groups excluding carboxylic acids is 2. The van der Waals surface area contributed by atoms with Crippen LogP contribution in [0.4, 0.5) is 4.79 Å². The molecule has 3 aliphatic heterocycles. The van der Waals surface area contributed by atoms with Gasteiger partial charge < -0.3 is 10.1 Å². The second kappa shape index (κ2) is 4.68. The van der Waals surface area contributed by atoms with Crippen LogP contribution < -0.4 is 10.6 Å². The molecule has 0 radical (unpaired) electrons. The van der Waals surface area contributed by atoms with Gasteiger partial charge in [0.15, 0.2) is 0 Å². The summed E-state index contributed by atoms with van der Waals surface area (Å²) in [6, 6.07) is -0.555. The van der Waals surface area contributed by atoms with Crippen molar-refractivity contribution in [3.05, 3.63) is 0 Å². The second-order valence-electron chi connectivity index (χ2n) is 5.43. The van der Waals surface area contributed by atoms with E-state index in [0.717, 1.165) is 0 Å². The van der Waals surface area contributed by atoms with Gasteiger partial charge in [-0.25, -0.2) is 13.2 Å². The third kappa shape index (κ3) is 2.09. The molecule has 0 aromatic heterocycles. The fraction of sp³-hybridized carbons (Fsp3) is 0.818. The summed E-state index contributed by atoms with van der Waals surface area (Å²) in [7, 11) is -3.44. The van der Waals surface area contributed by atoms with E-state index in [1.165, 1.54) is 4.31 Å². The molecule has 1 spiro atoms. The number of nitrogens with zero attached hydrogens (tertiary/aromatic N) is 1. The molecule has 3 rings (SSSR count). The van der Waals surface area contributed by atoms with Crippen LogP contribution in [0.25, 0.3) is 0 Å². The Bertz CT molecular complexity index is 542. The Labute approximate surface area is 116 Å². The normalized spacial score (nSPS) is 32.6. The van der Waals surface area contributed by atoms with Crippen LogP contribution in [0, 0.1) is 0 Å². The van der Waals surface area contributed by atoms with Crippen molar-refractivity contribution < 1.29 is 22.7 Å². The van der Waals surface area contributed by atoms with E-state index >= 15 is 0 Å². The summed E-state index contributed by atoms with van der Waals surface area (Å²) < 4.78 is 31.6. The smallest absolute Gasteiger partial charge is 0.322 e. The van der Waals surface area contributed by atoms with Gasteiger partial charge in [-0.15, -0.1) is 0 Å². The highest BCUT2D eigenvalue weighted by Gasteiger charge is 2.53. The van der Waals surface area contributed by atoms with Gasteiger partial charge in [0, 0.05) is 26.3 Å². The molecule has 0 aromatic rings. The largest absolute Gasteiger partial charge is 0.381 e. The lowest BCUT2D eigenvalue weighted by Crippen LogP contribution is -2.50. The molecule has 1 unspecified atom stereocenters. The first-order valence-electron chi connectivity index (χ1n) is 6.64. The lowest BCUT2D eigenvalue weighted by Gasteiger charge is -2.27. The number of sulfonamides is 1. The number of amides is 3. The molecule has 9 heteroatoms. The van der Waals surface area contributed by atoms with Crippen LogP contribution >= 0.6 is 0 Å². The summed E-state index contributed by atoms with van der Waals surface area (Å²) in [5.74, 6) is -0.438. The molecule has 0 aliphatic carbocycles. The molecule has 1 atom stereocenters. The number of urea groups is 1. The van der Waals surface area contributed by atoms with E-state index in [0.29, 0.717) is 32.5 Å². The molecular weight excluding hydrogens is 286 g/mol. The highest BCUT2D eigenvalue weighted by molar-refractivity contribution is 7.89. The Morgan fingerprint density at radius 2 is 1.95 bits per heavy atom. The van der Waals surface area contributed by atoms with Gasteiger partial charge in [-0.2, -0.15) is 4.31 Å². The van der Waals surface area contributed by atoms with Gasteiger partial charge in [-0.05, 0) is 19.3 Å². The standard InChI is InChI=1S/C11H17N3O5S/c15-9-11(13-10(16)12-9)3-4-14(7-11)20(17,18)8-1-5-19-6-2-8/h8H,1-7H2,(H2,12,13,15,16). The van der Waals surface area contributed by atoms with Crippen molar-refractivity contribution in [1.29, 1.82) is 0 Å². The van der Waals surface area contributed by atoms with Crippen LogP contribution in [0.3, 0.4) is 0 Å². The Kier molecular flexibility index (Phi) is 3.22. The van der Waals surface area contributed by atoms with Crippen molar-refractivity contribution in [2.24, 2.45) is 0 Å². The Hall–Kier alpha value is -1.19. The summed E-state index contributed by atoms with van der Waals surface area (Å²) in [6.45, 7) is 1.16. The Morgan fingerprint density at radius 3 is 2.55 bits per heavy atom. The van der Waals surface area contributed by atoms with E-state index in [1.54, 1.807) is 0 Å². The maximum atomic E-state index is 12.5. The molecule has 0 bridgehead atoms. The number of ether oxygens (including phenoxy) is 1. The molecule has 0 saturated carbocycles. The first-order chi connectivity index (χ1) is 9.44. The number of imide groups is 1. The first-order valence-corrected chi connectivity index (χ1v) is 8.15. The van der Waals surface area contributed by atoms with Gasteiger partial charge >= 0.3 is 6.03 Å². The Morgan fingerprint density at radius 1 is 1.25 bits per heavy atom. The zero-order valence-corrected chi connectivity index (χ0v) is 11.7. The van der Waals surface area contributed by atoms with Gasteiger partial charge in [0.2, 0.25) is 10.0 Å². The van der Waals surface area contributed by atoms with Crippen LogP contribution in [0.5, 0.6) is 0 Å². The number of hydrogen-bond acceptors (Lipinski definition) is 5. The third-order valence-electron chi connectivity index (χ3n) is 4.20. The van der Waals surface area contributed by atoms with Crippen molar-refractivity contribution in [3.63, 3.8) is 0 Å². The Balaban J connectivity index is 1.76. The van der Waals surface area contributed by atoms with Gasteiger partial charge in [0.25, 0.3) is 5.91 Å². The van der Waals surface area contributed by atoms with Crippen molar-refractivity contribution in [3.8, 4) is 0 Å². The number of rotatable bonds is 2. The lowest BCUT2D eigenvalue weighted by molar-refractivity contribution is -0.123. The van der Waals surface area contributed by atoms with Crippen LogP contribution in [0.15, 0.2) is 0 Å². The van der Waals surface area contributed by atoms with Gasteiger partial charge in [-0.3, -0.25) is 10.1 Å². The van der Waals surface area contributed by atoms with Crippen molar-refractivity contribution in [2.45, 2.75) is 30.1 Å². The maximum Gasteiger partial charge on any atom is 0.322 e. The predicted molar refractivity (Wildman–Crippen MR) is 68.4 cm³/mol. The van der Waals surface area contributed by atoms with E-state index in [2.05, 4.69) is 10.6 Å². The van der Waals surface area contributed by atoms with E-state index in [1.807, 2.05) is 0 Å². The van der Waals surface area contributed by atoms with Crippen LogP contribution in [0.2, 0.25) is 0 Å². The molecule has 3 aliphatic rings. The maximum absolute atomic E-state index is 12.5. The molecule has 3 amide bonds. The first kappa shape index (κ1) is 13.8. The van der Waals surface area contributed by atoms with Crippen LogP contribution in [0.1, 0.15) is 19.3 Å². The molecule has 8 nitrogen and oxygen atoms in total. The van der Waals surface area contributed by atoms with Gasteiger partial charge in [0.1, 0.15) is 5.54 Å². The average molecular weight is 303 g/mol. The average Bonchev–Trinajstić information content (AvgIpc) is 2.96. The molecule has 112 valence electrons. The number of nitrogens with one attached hydrogen (secondary N) is 2. The number of hydrogen-bond donors (Lipinski definition) is 2. The van der Waals surface area contributed by atoms with Crippen molar-refractivity contribution in [1.82, 2.24) is 14.9 Å². The van der Waals surface area contributed by atoms with Gasteiger partial charge in [-0.1, -0.05) is 0 Å². The summed E-state index contributed by atoms with van der Waals surface area (Å²) in [5.41, 5.74) is -1.09. The topological polar surface area (TPSA) is 105 Å². The SMILES string of the molecule is O=C1NC(=O)C2(CCN(S(=O)(=O)C3CCOCC3)C2)N1. The highest BCUT2D eigenvalue weighted by Crippen LogP contribution is 2.30. The highest BCUT2D eigenvalue weighted by atomic mass is 32.2. The second-order valence-corrected chi connectivity index (χ2v) is 7.64. The van der Waals surface area contributed by atoms with Crippen molar-refractivity contribution >= 4 is 22.0 Å². The summed E-state index contributed by atoms with van der Waals surface area (Å²) >= 11 is 0. The molecule has 3 saturated heterocycles. The van der Waals surface area contributed by atoms with Gasteiger partial charge in [0.05, 0.1) is 5.25 Å². The lowest BCUT2D eigenvalue weighted by atomic mass is 10.00.